The van der Waals surface area contributed by atoms with Crippen LogP contribution in [0.1, 0.15) is 62.6 Å². The highest BCUT2D eigenvalue weighted by Crippen LogP contribution is 2.30. The number of nitrogens with one attached hydrogen (secondary N) is 6. The van der Waals surface area contributed by atoms with Gasteiger partial charge in [0.05, 0.1) is 12.5 Å². The summed E-state index contributed by atoms with van der Waals surface area (Å²) in [4.78, 5) is 69.9. The molecule has 1 saturated heterocycles. The molecule has 3 atom stereocenters. The zero-order chi connectivity index (χ0) is 31.3. The van der Waals surface area contributed by atoms with Gasteiger partial charge in [0.25, 0.3) is 0 Å². The molecule has 1 saturated carbocycles. The van der Waals surface area contributed by atoms with Crippen LogP contribution in [-0.2, 0) is 25.6 Å². The van der Waals surface area contributed by atoms with Crippen molar-refractivity contribution in [3.63, 3.8) is 0 Å². The van der Waals surface area contributed by atoms with Crippen molar-refractivity contribution in [2.45, 2.75) is 75.0 Å². The van der Waals surface area contributed by atoms with Gasteiger partial charge >= 0.3 is 12.0 Å². The van der Waals surface area contributed by atoms with Crippen LogP contribution in [0, 0.1) is 0 Å². The molecule has 2 fully saturated rings. The third-order valence-electron chi connectivity index (χ3n) is 8.59. The Bertz CT molecular complexity index is 1550. The molecule has 232 valence electrons. The average Bonchev–Trinajstić information content (AvgIpc) is 3.40. The number of aromatic amines is 1. The van der Waals surface area contributed by atoms with Crippen LogP contribution in [-0.4, -0.2) is 63.5 Å². The van der Waals surface area contributed by atoms with Gasteiger partial charge in [0.15, 0.2) is 0 Å². The Morgan fingerprint density at radius 3 is 2.32 bits per heavy atom. The van der Waals surface area contributed by atoms with Gasteiger partial charge in [0, 0.05) is 30.1 Å². The van der Waals surface area contributed by atoms with E-state index in [1.54, 1.807) is 37.4 Å². The highest BCUT2D eigenvalue weighted by atomic mass is 16.4. The SMILES string of the molecule is C[C@@]1(Cc2c[nH]c3ccccc23)NC(=O)NC2(CCCCC2)C(=O)N[C@H](CC(=O)O)C(=O)N[C@@H](c2ccccc2)CNC1=O. The number of benzene rings is 2. The lowest BCUT2D eigenvalue weighted by molar-refractivity contribution is -0.141. The number of urea groups is 1. The number of carboxylic acid groups (broad SMARTS) is 1. The summed E-state index contributed by atoms with van der Waals surface area (Å²) in [5, 5.41) is 24.5. The minimum atomic E-state index is -1.46. The highest BCUT2D eigenvalue weighted by molar-refractivity contribution is 5.98. The molecule has 3 aromatic rings. The largest absolute Gasteiger partial charge is 0.481 e. The minimum absolute atomic E-state index is 0.0565. The fourth-order valence-corrected chi connectivity index (χ4v) is 6.18. The summed E-state index contributed by atoms with van der Waals surface area (Å²) < 4.78 is 0. The van der Waals surface area contributed by atoms with Gasteiger partial charge in [0.1, 0.15) is 17.1 Å². The summed E-state index contributed by atoms with van der Waals surface area (Å²) in [5.41, 5.74) is -0.476. The van der Waals surface area contributed by atoms with Crippen LogP contribution in [0.25, 0.3) is 10.9 Å². The van der Waals surface area contributed by atoms with Gasteiger partial charge in [-0.1, -0.05) is 67.8 Å². The molecule has 1 aliphatic heterocycles. The number of hydrogen-bond donors (Lipinski definition) is 7. The Balaban J connectivity index is 1.53. The quantitative estimate of drug-likeness (QED) is 0.235. The second kappa shape index (κ2) is 12.8. The lowest BCUT2D eigenvalue weighted by atomic mass is 9.80. The lowest BCUT2D eigenvalue weighted by Crippen LogP contribution is -2.68. The number of para-hydroxylation sites is 1. The van der Waals surface area contributed by atoms with E-state index in [0.717, 1.165) is 22.9 Å². The van der Waals surface area contributed by atoms with Gasteiger partial charge in [-0.05, 0) is 37.0 Å². The van der Waals surface area contributed by atoms with E-state index in [0.29, 0.717) is 31.2 Å². The molecule has 2 aliphatic rings. The topological polar surface area (TPSA) is 182 Å². The highest BCUT2D eigenvalue weighted by Gasteiger charge is 2.45. The summed E-state index contributed by atoms with van der Waals surface area (Å²) in [6.45, 7) is 1.57. The zero-order valence-corrected chi connectivity index (χ0v) is 24.6. The predicted molar refractivity (Wildman–Crippen MR) is 162 cm³/mol. The fourth-order valence-electron chi connectivity index (χ4n) is 6.18. The lowest BCUT2D eigenvalue weighted by Gasteiger charge is -2.39. The van der Waals surface area contributed by atoms with Crippen LogP contribution >= 0.6 is 0 Å². The predicted octanol–water partition coefficient (Wildman–Crippen LogP) is 2.42. The Morgan fingerprint density at radius 1 is 0.886 bits per heavy atom. The second-order valence-corrected chi connectivity index (χ2v) is 11.9. The number of aliphatic carboxylic acids is 1. The molecule has 7 N–H and O–H groups in total. The molecule has 1 aliphatic carbocycles. The second-order valence-electron chi connectivity index (χ2n) is 11.9. The number of carboxylic acids is 1. The maximum atomic E-state index is 14.0. The number of aromatic nitrogens is 1. The summed E-state index contributed by atoms with van der Waals surface area (Å²) in [7, 11) is 0. The van der Waals surface area contributed by atoms with Crippen LogP contribution in [0.4, 0.5) is 4.79 Å². The van der Waals surface area contributed by atoms with E-state index < -0.39 is 59.3 Å². The number of amides is 5. The van der Waals surface area contributed by atoms with E-state index >= 15 is 0 Å². The van der Waals surface area contributed by atoms with E-state index in [-0.39, 0.29) is 13.0 Å². The van der Waals surface area contributed by atoms with Crippen molar-refractivity contribution >= 4 is 40.6 Å². The van der Waals surface area contributed by atoms with E-state index in [1.165, 1.54) is 0 Å². The van der Waals surface area contributed by atoms with Crippen LogP contribution in [0.2, 0.25) is 0 Å². The number of fused-ring (bicyclic) bond motifs is 1. The maximum absolute atomic E-state index is 14.0. The van der Waals surface area contributed by atoms with Crippen molar-refractivity contribution < 1.29 is 29.1 Å². The van der Waals surface area contributed by atoms with Crippen LogP contribution < -0.4 is 26.6 Å². The van der Waals surface area contributed by atoms with Gasteiger partial charge in [0.2, 0.25) is 17.7 Å². The van der Waals surface area contributed by atoms with Crippen molar-refractivity contribution in [1.29, 1.82) is 0 Å². The molecule has 1 spiro atoms. The van der Waals surface area contributed by atoms with Crippen molar-refractivity contribution in [3.8, 4) is 0 Å². The number of rotatable bonds is 5. The minimum Gasteiger partial charge on any atom is -0.481 e. The average molecular weight is 603 g/mol. The van der Waals surface area contributed by atoms with Crippen molar-refractivity contribution in [1.82, 2.24) is 31.6 Å². The van der Waals surface area contributed by atoms with Crippen molar-refractivity contribution in [2.24, 2.45) is 0 Å². The number of carbonyl (C=O) groups is 5. The first-order valence-electron chi connectivity index (χ1n) is 14.9. The number of carbonyl (C=O) groups excluding carboxylic acids is 4. The Kier molecular flexibility index (Phi) is 8.88. The normalized spacial score (nSPS) is 24.8. The van der Waals surface area contributed by atoms with Crippen molar-refractivity contribution in [2.75, 3.05) is 6.54 Å². The molecular formula is C32H38N6O6. The molecule has 0 radical (unpaired) electrons. The molecule has 44 heavy (non-hydrogen) atoms. The van der Waals surface area contributed by atoms with E-state index in [9.17, 15) is 29.1 Å². The standard InChI is InChI=1S/C32H38N6O6/c1-31(17-21-18-33-23-13-7-6-12-22(21)23)28(42)34-19-25(20-10-4-2-5-11-20)35-27(41)24(16-26(39)40)36-29(43)32(38-30(44)37-31)14-8-3-9-15-32/h2,4-7,10-13,18,24-25,33H,3,8-9,14-17,19H2,1H3,(H,34,42)(H,35,41)(H,36,43)(H,39,40)(H2,37,38,44)/t24-,25-,31+/m1/s1. The summed E-state index contributed by atoms with van der Waals surface area (Å²) in [5.74, 6) is -3.11. The first kappa shape index (κ1) is 30.6. The van der Waals surface area contributed by atoms with Gasteiger partial charge < -0.3 is 36.7 Å². The van der Waals surface area contributed by atoms with Crippen LogP contribution in [0.5, 0.6) is 0 Å². The van der Waals surface area contributed by atoms with Gasteiger partial charge in [-0.15, -0.1) is 0 Å². The summed E-state index contributed by atoms with van der Waals surface area (Å²) >= 11 is 0. The molecule has 5 rings (SSSR count). The Labute approximate surface area is 254 Å². The van der Waals surface area contributed by atoms with E-state index in [4.69, 9.17) is 0 Å². The van der Waals surface area contributed by atoms with E-state index in [1.807, 2.05) is 30.3 Å². The smallest absolute Gasteiger partial charge is 0.316 e. The molecule has 0 unspecified atom stereocenters. The third-order valence-corrected chi connectivity index (χ3v) is 8.59. The molecule has 2 heterocycles. The summed E-state index contributed by atoms with van der Waals surface area (Å²) in [6.07, 6.45) is 4.03. The maximum Gasteiger partial charge on any atom is 0.316 e. The molecule has 0 bridgehead atoms. The Morgan fingerprint density at radius 2 is 1.59 bits per heavy atom. The number of H-pyrrole nitrogens is 1. The Hall–Kier alpha value is -4.87. The molecular weight excluding hydrogens is 564 g/mol. The first-order chi connectivity index (χ1) is 21.1. The van der Waals surface area contributed by atoms with Crippen LogP contribution in [0.3, 0.4) is 0 Å². The molecule has 2 aromatic carbocycles. The fraction of sp³-hybridized carbons (Fsp3) is 0.406. The molecule has 5 amide bonds. The molecule has 1 aromatic heterocycles. The van der Waals surface area contributed by atoms with E-state index in [2.05, 4.69) is 31.6 Å². The molecule has 12 nitrogen and oxygen atoms in total. The summed E-state index contributed by atoms with van der Waals surface area (Å²) in [6, 6.07) is 13.7. The number of hydrogen-bond acceptors (Lipinski definition) is 5. The third kappa shape index (κ3) is 6.69. The first-order valence-corrected chi connectivity index (χ1v) is 14.9. The van der Waals surface area contributed by atoms with Gasteiger partial charge in [-0.2, -0.15) is 0 Å². The zero-order valence-electron chi connectivity index (χ0n) is 24.6. The van der Waals surface area contributed by atoms with Gasteiger partial charge in [-0.3, -0.25) is 19.2 Å². The van der Waals surface area contributed by atoms with Gasteiger partial charge in [-0.25, -0.2) is 4.79 Å². The molecule has 12 heteroatoms. The van der Waals surface area contributed by atoms with Crippen LogP contribution in [0.15, 0.2) is 60.8 Å². The monoisotopic (exact) mass is 602 g/mol. The van der Waals surface area contributed by atoms with Crippen molar-refractivity contribution in [3.05, 3.63) is 71.9 Å².